The molecule has 2 amide bonds. The normalized spacial score (nSPS) is 11.0. The van der Waals surface area contributed by atoms with Crippen molar-refractivity contribution < 1.29 is 9.59 Å². The third-order valence-corrected chi connectivity index (χ3v) is 4.86. The summed E-state index contributed by atoms with van der Waals surface area (Å²) < 4.78 is 2.04. The van der Waals surface area contributed by atoms with Crippen LogP contribution in [0.15, 0.2) is 60.2 Å². The Labute approximate surface area is 181 Å². The Bertz CT molecular complexity index is 1210. The highest BCUT2D eigenvalue weighted by molar-refractivity contribution is 6.09. The summed E-state index contributed by atoms with van der Waals surface area (Å²) in [6.45, 7) is 7.31. The SMILES string of the molecule is CC(=O)Nc1ccc(-n2c(C)cc(/C=C(/C#N)C(=O)Nc3cccc(C)c3)c2C)cc1. The Hall–Kier alpha value is -4.11. The molecular formula is C25H24N4O2. The average molecular weight is 412 g/mol. The van der Waals surface area contributed by atoms with Crippen molar-refractivity contribution in [1.82, 2.24) is 4.57 Å². The number of aryl methyl sites for hydroxylation is 2. The van der Waals surface area contributed by atoms with Crippen LogP contribution in [0.3, 0.4) is 0 Å². The molecule has 0 aliphatic carbocycles. The van der Waals surface area contributed by atoms with Gasteiger partial charge in [-0.2, -0.15) is 5.26 Å². The number of nitriles is 1. The van der Waals surface area contributed by atoms with Gasteiger partial charge in [0, 0.05) is 35.4 Å². The van der Waals surface area contributed by atoms with Crippen LogP contribution in [0, 0.1) is 32.1 Å². The topological polar surface area (TPSA) is 86.9 Å². The van der Waals surface area contributed by atoms with Crippen molar-refractivity contribution in [2.24, 2.45) is 0 Å². The second kappa shape index (κ2) is 9.14. The van der Waals surface area contributed by atoms with Crippen molar-refractivity contribution >= 4 is 29.3 Å². The van der Waals surface area contributed by atoms with E-state index in [1.165, 1.54) is 6.92 Å². The van der Waals surface area contributed by atoms with Gasteiger partial charge in [0.2, 0.25) is 5.91 Å². The van der Waals surface area contributed by atoms with Gasteiger partial charge >= 0.3 is 0 Å². The molecule has 0 unspecified atom stereocenters. The first-order valence-electron chi connectivity index (χ1n) is 9.85. The van der Waals surface area contributed by atoms with Gasteiger partial charge in [-0.25, -0.2) is 0 Å². The van der Waals surface area contributed by atoms with Crippen LogP contribution in [0.1, 0.15) is 29.4 Å². The molecule has 2 N–H and O–H groups in total. The van der Waals surface area contributed by atoms with Crippen molar-refractivity contribution in [3.8, 4) is 11.8 Å². The van der Waals surface area contributed by atoms with Crippen LogP contribution in [-0.4, -0.2) is 16.4 Å². The Balaban J connectivity index is 1.89. The van der Waals surface area contributed by atoms with Crippen LogP contribution in [0.5, 0.6) is 0 Å². The fourth-order valence-corrected chi connectivity index (χ4v) is 3.45. The molecule has 0 radical (unpaired) electrons. The Morgan fingerprint density at radius 3 is 2.29 bits per heavy atom. The molecule has 156 valence electrons. The highest BCUT2D eigenvalue weighted by atomic mass is 16.2. The van der Waals surface area contributed by atoms with Crippen LogP contribution in [0.25, 0.3) is 11.8 Å². The van der Waals surface area contributed by atoms with Gasteiger partial charge in [0.25, 0.3) is 5.91 Å². The van der Waals surface area contributed by atoms with E-state index in [1.54, 1.807) is 12.1 Å². The number of carbonyl (C=O) groups is 2. The molecule has 2 aromatic carbocycles. The zero-order valence-corrected chi connectivity index (χ0v) is 18.0. The van der Waals surface area contributed by atoms with Crippen molar-refractivity contribution in [3.05, 3.63) is 82.7 Å². The smallest absolute Gasteiger partial charge is 0.266 e. The fraction of sp³-hybridized carbons (Fsp3) is 0.160. The summed E-state index contributed by atoms with van der Waals surface area (Å²) in [7, 11) is 0. The fourth-order valence-electron chi connectivity index (χ4n) is 3.45. The molecule has 3 aromatic rings. The number of amides is 2. The van der Waals surface area contributed by atoms with Crippen molar-refractivity contribution in [2.75, 3.05) is 10.6 Å². The van der Waals surface area contributed by atoms with Gasteiger partial charge in [-0.05, 0) is 80.4 Å². The molecule has 0 fully saturated rings. The predicted molar refractivity (Wildman–Crippen MR) is 123 cm³/mol. The van der Waals surface area contributed by atoms with Gasteiger partial charge in [-0.3, -0.25) is 9.59 Å². The predicted octanol–water partition coefficient (Wildman–Crippen LogP) is 4.91. The summed E-state index contributed by atoms with van der Waals surface area (Å²) in [6.07, 6.45) is 1.61. The number of carbonyl (C=O) groups excluding carboxylic acids is 2. The summed E-state index contributed by atoms with van der Waals surface area (Å²) in [5.41, 5.74) is 6.00. The van der Waals surface area contributed by atoms with Gasteiger partial charge in [-0.15, -0.1) is 0 Å². The van der Waals surface area contributed by atoms with Crippen molar-refractivity contribution in [3.63, 3.8) is 0 Å². The monoisotopic (exact) mass is 412 g/mol. The molecule has 1 aromatic heterocycles. The lowest BCUT2D eigenvalue weighted by atomic mass is 10.1. The zero-order valence-electron chi connectivity index (χ0n) is 18.0. The highest BCUT2D eigenvalue weighted by Crippen LogP contribution is 2.24. The highest BCUT2D eigenvalue weighted by Gasteiger charge is 2.14. The van der Waals surface area contributed by atoms with E-state index < -0.39 is 5.91 Å². The summed E-state index contributed by atoms with van der Waals surface area (Å²) in [6, 6.07) is 18.9. The molecule has 0 saturated carbocycles. The molecule has 0 aliphatic heterocycles. The van der Waals surface area contributed by atoms with Gasteiger partial charge in [0.15, 0.2) is 0 Å². The quantitative estimate of drug-likeness (QED) is 0.461. The number of rotatable bonds is 5. The molecule has 0 spiro atoms. The molecule has 6 heteroatoms. The van der Waals surface area contributed by atoms with Crippen LogP contribution >= 0.6 is 0 Å². The van der Waals surface area contributed by atoms with E-state index in [2.05, 4.69) is 10.6 Å². The molecule has 1 heterocycles. The first-order chi connectivity index (χ1) is 14.8. The summed E-state index contributed by atoms with van der Waals surface area (Å²) >= 11 is 0. The minimum Gasteiger partial charge on any atom is -0.326 e. The van der Waals surface area contributed by atoms with Crippen molar-refractivity contribution in [2.45, 2.75) is 27.7 Å². The molecular weight excluding hydrogens is 388 g/mol. The summed E-state index contributed by atoms with van der Waals surface area (Å²) in [4.78, 5) is 23.8. The lowest BCUT2D eigenvalue weighted by Crippen LogP contribution is -2.13. The Morgan fingerprint density at radius 1 is 0.968 bits per heavy atom. The summed E-state index contributed by atoms with van der Waals surface area (Å²) in [5, 5.41) is 15.1. The number of hydrogen-bond donors (Lipinski definition) is 2. The van der Waals surface area contributed by atoms with E-state index in [9.17, 15) is 14.9 Å². The van der Waals surface area contributed by atoms with Gasteiger partial charge in [0.05, 0.1) is 0 Å². The van der Waals surface area contributed by atoms with E-state index in [4.69, 9.17) is 0 Å². The van der Waals surface area contributed by atoms with E-state index >= 15 is 0 Å². The Morgan fingerprint density at radius 2 is 1.68 bits per heavy atom. The maximum atomic E-state index is 12.6. The van der Waals surface area contributed by atoms with Crippen LogP contribution in [-0.2, 0) is 9.59 Å². The lowest BCUT2D eigenvalue weighted by Gasteiger charge is -2.11. The number of hydrogen-bond acceptors (Lipinski definition) is 3. The lowest BCUT2D eigenvalue weighted by molar-refractivity contribution is -0.114. The van der Waals surface area contributed by atoms with E-state index in [0.717, 1.165) is 33.9 Å². The van der Waals surface area contributed by atoms with E-state index in [1.807, 2.05) is 79.9 Å². The maximum Gasteiger partial charge on any atom is 0.266 e. The number of nitrogens with zero attached hydrogens (tertiary/aromatic N) is 2. The number of nitrogens with one attached hydrogen (secondary N) is 2. The third kappa shape index (κ3) is 5.09. The molecule has 31 heavy (non-hydrogen) atoms. The maximum absolute atomic E-state index is 12.6. The molecule has 0 bridgehead atoms. The van der Waals surface area contributed by atoms with E-state index in [0.29, 0.717) is 5.69 Å². The summed E-state index contributed by atoms with van der Waals surface area (Å²) in [5.74, 6) is -0.570. The third-order valence-electron chi connectivity index (χ3n) is 4.86. The standard InChI is InChI=1S/C25H24N4O2/c1-16-6-5-7-23(12-16)28-25(31)21(15-26)14-20-13-17(2)29(18(20)3)24-10-8-22(9-11-24)27-19(4)30/h5-14H,1-4H3,(H,27,30)(H,28,31)/b21-14-. The van der Waals surface area contributed by atoms with Gasteiger partial charge in [0.1, 0.15) is 11.6 Å². The molecule has 3 rings (SSSR count). The number of anilines is 2. The van der Waals surface area contributed by atoms with Gasteiger partial charge in [-0.1, -0.05) is 12.1 Å². The molecule has 0 aliphatic rings. The zero-order chi connectivity index (χ0) is 22.5. The number of benzene rings is 2. The first-order valence-corrected chi connectivity index (χ1v) is 9.85. The minimum atomic E-state index is -0.447. The molecule has 0 atom stereocenters. The first kappa shape index (κ1) is 21.6. The second-order valence-electron chi connectivity index (χ2n) is 7.38. The van der Waals surface area contributed by atoms with Crippen LogP contribution in [0.2, 0.25) is 0 Å². The van der Waals surface area contributed by atoms with Crippen LogP contribution < -0.4 is 10.6 Å². The second-order valence-corrected chi connectivity index (χ2v) is 7.38. The minimum absolute atomic E-state index is 0.0303. The average Bonchev–Trinajstić information content (AvgIpc) is 2.99. The van der Waals surface area contributed by atoms with Crippen molar-refractivity contribution in [1.29, 1.82) is 5.26 Å². The Kier molecular flexibility index (Phi) is 6.37. The largest absolute Gasteiger partial charge is 0.326 e. The van der Waals surface area contributed by atoms with E-state index in [-0.39, 0.29) is 11.5 Å². The number of aromatic nitrogens is 1. The molecule has 6 nitrogen and oxygen atoms in total. The molecule has 0 saturated heterocycles. The van der Waals surface area contributed by atoms with Crippen LogP contribution in [0.4, 0.5) is 11.4 Å². The van der Waals surface area contributed by atoms with Gasteiger partial charge < -0.3 is 15.2 Å².